The van der Waals surface area contributed by atoms with Gasteiger partial charge >= 0.3 is 0 Å². The number of nitrogens with zero attached hydrogens (tertiary/aromatic N) is 1. The van der Waals surface area contributed by atoms with Crippen molar-refractivity contribution >= 4 is 23.2 Å². The molecule has 2 aliphatic carbocycles. The molecule has 2 aromatic rings. The number of carbonyl (C=O) groups excluding carboxylic acids is 3. The molecule has 0 bridgehead atoms. The first-order valence-corrected chi connectivity index (χ1v) is 15.3. The van der Waals surface area contributed by atoms with E-state index in [1.807, 2.05) is 18.2 Å². The molecule has 1 amide bonds. The number of anilines is 1. The van der Waals surface area contributed by atoms with E-state index < -0.39 is 0 Å². The predicted octanol–water partition coefficient (Wildman–Crippen LogP) is 9.02. The number of amides is 1. The van der Waals surface area contributed by atoms with Crippen LogP contribution in [0, 0.1) is 11.8 Å². The van der Waals surface area contributed by atoms with E-state index in [1.54, 1.807) is 24.1 Å². The Kier molecular flexibility index (Phi) is 10.7. The highest BCUT2D eigenvalue weighted by Gasteiger charge is 2.29. The molecule has 41 heavy (non-hydrogen) atoms. The summed E-state index contributed by atoms with van der Waals surface area (Å²) >= 11 is 0. The summed E-state index contributed by atoms with van der Waals surface area (Å²) in [7, 11) is 1.77. The molecule has 5 nitrogen and oxygen atoms in total. The molecular formula is C36H45NO4. The normalized spacial score (nSPS) is 21.6. The first kappa shape index (κ1) is 30.5. The summed E-state index contributed by atoms with van der Waals surface area (Å²) in [5, 5.41) is 0. The van der Waals surface area contributed by atoms with E-state index in [4.69, 9.17) is 4.42 Å². The van der Waals surface area contributed by atoms with Gasteiger partial charge in [-0.2, -0.15) is 0 Å². The summed E-state index contributed by atoms with van der Waals surface area (Å²) in [6.45, 7) is 8.16. The number of furan rings is 1. The van der Waals surface area contributed by atoms with Crippen molar-refractivity contribution < 1.29 is 18.8 Å². The van der Waals surface area contributed by atoms with Gasteiger partial charge in [0, 0.05) is 37.1 Å². The van der Waals surface area contributed by atoms with Crippen molar-refractivity contribution in [2.24, 2.45) is 11.8 Å². The SMILES string of the molecule is C=CC(C)=C(C=CC)C1CCC(c2ccc(C(=O)CCCCC3CCCC3=O)cc2N(C)C(=O)c2ccco2)CC1. The van der Waals surface area contributed by atoms with Crippen LogP contribution >= 0.6 is 0 Å². The summed E-state index contributed by atoms with van der Waals surface area (Å²) in [5.74, 6) is 1.51. The van der Waals surface area contributed by atoms with Crippen LogP contribution in [-0.4, -0.2) is 24.5 Å². The van der Waals surface area contributed by atoms with Crippen molar-refractivity contribution in [1.29, 1.82) is 0 Å². The third-order valence-electron chi connectivity index (χ3n) is 9.10. The highest BCUT2D eigenvalue weighted by molar-refractivity contribution is 6.05. The van der Waals surface area contributed by atoms with E-state index in [9.17, 15) is 14.4 Å². The van der Waals surface area contributed by atoms with E-state index in [0.29, 0.717) is 36.0 Å². The molecule has 2 fully saturated rings. The molecule has 0 radical (unpaired) electrons. The van der Waals surface area contributed by atoms with E-state index in [0.717, 1.165) is 69.0 Å². The number of hydrogen-bond donors (Lipinski definition) is 0. The molecule has 2 saturated carbocycles. The standard InChI is InChI=1S/C36H45NO4/c1-5-11-30(25(3)6-2)26-17-19-27(20-18-26)31-22-21-29(24-32(31)37(4)36(40)35-16-10-23-41-35)34(39)14-8-7-12-28-13-9-15-33(28)38/h5-6,10-11,16,21-24,26-28H,2,7-9,12-15,17-20H2,1,3-4H3. The number of benzene rings is 1. The Labute approximate surface area is 245 Å². The molecule has 0 spiro atoms. The molecule has 0 N–H and O–H groups in total. The lowest BCUT2D eigenvalue weighted by Crippen LogP contribution is -2.28. The van der Waals surface area contributed by atoms with Crippen LogP contribution in [0.25, 0.3) is 0 Å². The van der Waals surface area contributed by atoms with Gasteiger partial charge < -0.3 is 9.32 Å². The fraction of sp³-hybridized carbons (Fsp3) is 0.472. The average Bonchev–Trinajstić information content (AvgIpc) is 3.69. The van der Waals surface area contributed by atoms with Gasteiger partial charge in [-0.1, -0.05) is 43.4 Å². The maximum atomic E-state index is 13.3. The van der Waals surface area contributed by atoms with Gasteiger partial charge in [0.1, 0.15) is 5.78 Å². The summed E-state index contributed by atoms with van der Waals surface area (Å²) in [6, 6.07) is 9.28. The maximum absolute atomic E-state index is 13.3. The van der Waals surface area contributed by atoms with Gasteiger partial charge in [0.25, 0.3) is 5.91 Å². The van der Waals surface area contributed by atoms with Gasteiger partial charge in [-0.05, 0) is 112 Å². The highest BCUT2D eigenvalue weighted by Crippen LogP contribution is 2.43. The van der Waals surface area contributed by atoms with Gasteiger partial charge in [0.05, 0.1) is 6.26 Å². The Balaban J connectivity index is 1.51. The highest BCUT2D eigenvalue weighted by atomic mass is 16.3. The topological polar surface area (TPSA) is 67.6 Å². The molecule has 2 aliphatic rings. The minimum Gasteiger partial charge on any atom is -0.459 e. The molecule has 1 heterocycles. The molecule has 1 aromatic carbocycles. The van der Waals surface area contributed by atoms with Crippen LogP contribution in [0.2, 0.25) is 0 Å². The van der Waals surface area contributed by atoms with Crippen molar-refractivity contribution in [1.82, 2.24) is 0 Å². The number of ketones is 2. The van der Waals surface area contributed by atoms with Crippen molar-refractivity contribution in [2.45, 2.75) is 90.4 Å². The zero-order valence-corrected chi connectivity index (χ0v) is 25.0. The first-order chi connectivity index (χ1) is 19.8. The Morgan fingerprint density at radius 3 is 2.51 bits per heavy atom. The zero-order valence-electron chi connectivity index (χ0n) is 25.0. The first-order valence-electron chi connectivity index (χ1n) is 15.3. The van der Waals surface area contributed by atoms with Gasteiger partial charge in [-0.3, -0.25) is 14.4 Å². The minimum atomic E-state index is -0.226. The fourth-order valence-electron chi connectivity index (χ4n) is 6.64. The summed E-state index contributed by atoms with van der Waals surface area (Å²) in [5.41, 5.74) is 5.12. The van der Waals surface area contributed by atoms with Crippen LogP contribution < -0.4 is 4.90 Å². The lowest BCUT2D eigenvalue weighted by atomic mass is 9.74. The maximum Gasteiger partial charge on any atom is 0.293 e. The quantitative estimate of drug-likeness (QED) is 0.149. The van der Waals surface area contributed by atoms with Crippen molar-refractivity contribution in [3.05, 3.63) is 89.4 Å². The minimum absolute atomic E-state index is 0.0825. The Morgan fingerprint density at radius 1 is 1.10 bits per heavy atom. The van der Waals surface area contributed by atoms with E-state index in [2.05, 4.69) is 38.6 Å². The molecule has 1 aromatic heterocycles. The summed E-state index contributed by atoms with van der Waals surface area (Å²) in [4.78, 5) is 40.1. The van der Waals surface area contributed by atoms with Crippen LogP contribution in [0.1, 0.15) is 117 Å². The van der Waals surface area contributed by atoms with Crippen molar-refractivity contribution in [2.75, 3.05) is 11.9 Å². The number of hydrogen-bond acceptors (Lipinski definition) is 4. The Bertz CT molecular complexity index is 1290. The van der Waals surface area contributed by atoms with Crippen molar-refractivity contribution in [3.63, 3.8) is 0 Å². The molecule has 0 aliphatic heterocycles. The van der Waals surface area contributed by atoms with Crippen LogP contribution in [0.3, 0.4) is 0 Å². The second-order valence-corrected chi connectivity index (χ2v) is 11.7. The molecular weight excluding hydrogens is 510 g/mol. The second kappa shape index (κ2) is 14.4. The molecule has 1 atom stereocenters. The molecule has 0 saturated heterocycles. The van der Waals surface area contributed by atoms with Crippen LogP contribution in [0.5, 0.6) is 0 Å². The lowest BCUT2D eigenvalue weighted by Gasteiger charge is -2.33. The number of allylic oxidation sites excluding steroid dienone is 5. The van der Waals surface area contributed by atoms with Gasteiger partial charge in [0.15, 0.2) is 11.5 Å². The van der Waals surface area contributed by atoms with Gasteiger partial charge in [-0.25, -0.2) is 0 Å². The summed E-state index contributed by atoms with van der Waals surface area (Å²) < 4.78 is 5.41. The monoisotopic (exact) mass is 555 g/mol. The molecule has 1 unspecified atom stereocenters. The van der Waals surface area contributed by atoms with E-state index in [-0.39, 0.29) is 23.4 Å². The zero-order chi connectivity index (χ0) is 29.4. The van der Waals surface area contributed by atoms with Gasteiger partial charge in [-0.15, -0.1) is 0 Å². The number of carbonyl (C=O) groups is 3. The largest absolute Gasteiger partial charge is 0.459 e. The lowest BCUT2D eigenvalue weighted by molar-refractivity contribution is -0.120. The smallest absolute Gasteiger partial charge is 0.293 e. The molecule has 218 valence electrons. The fourth-order valence-corrected chi connectivity index (χ4v) is 6.64. The molecule has 5 heteroatoms. The van der Waals surface area contributed by atoms with Gasteiger partial charge in [0.2, 0.25) is 0 Å². The third-order valence-corrected chi connectivity index (χ3v) is 9.10. The predicted molar refractivity (Wildman–Crippen MR) is 165 cm³/mol. The Morgan fingerprint density at radius 2 is 1.88 bits per heavy atom. The van der Waals surface area contributed by atoms with Crippen LogP contribution in [-0.2, 0) is 4.79 Å². The average molecular weight is 556 g/mol. The number of unbranched alkanes of at least 4 members (excludes halogenated alkanes) is 1. The number of Topliss-reactive ketones (excluding diaryl/α,β-unsaturated/α-hetero) is 2. The second-order valence-electron chi connectivity index (χ2n) is 11.7. The van der Waals surface area contributed by atoms with Crippen molar-refractivity contribution in [3.8, 4) is 0 Å². The third kappa shape index (κ3) is 7.44. The van der Waals surface area contributed by atoms with Crippen LogP contribution in [0.4, 0.5) is 5.69 Å². The van der Waals surface area contributed by atoms with E-state index >= 15 is 0 Å². The summed E-state index contributed by atoms with van der Waals surface area (Å²) in [6.07, 6.45) is 17.6. The number of rotatable bonds is 12. The van der Waals surface area contributed by atoms with E-state index in [1.165, 1.54) is 17.4 Å². The van der Waals surface area contributed by atoms with Crippen LogP contribution in [0.15, 0.2) is 77.0 Å². The Hall–Kier alpha value is -3.47. The molecule has 4 rings (SSSR count).